The van der Waals surface area contributed by atoms with Gasteiger partial charge in [-0.05, 0) is 48.5 Å². The fourth-order valence-electron chi connectivity index (χ4n) is 3.07. The molecule has 7 heteroatoms. The molecule has 0 aromatic heterocycles. The number of likely N-dealkylation sites (tertiary alicyclic amines) is 1. The SMILES string of the molecule is NC(=O)[C@H]1CCCN(C(=O)COc2ccc(C3SCCCS3)cc2)C1. The van der Waals surface area contributed by atoms with Crippen LogP contribution in [0.4, 0.5) is 0 Å². The Hall–Kier alpha value is -1.34. The lowest BCUT2D eigenvalue weighted by atomic mass is 9.97. The number of piperidine rings is 1. The van der Waals surface area contributed by atoms with Crippen LogP contribution in [0.25, 0.3) is 0 Å². The highest BCUT2D eigenvalue weighted by atomic mass is 32.2. The van der Waals surface area contributed by atoms with Crippen LogP contribution in [0.2, 0.25) is 0 Å². The number of nitrogens with zero attached hydrogens (tertiary/aromatic N) is 1. The molecule has 2 N–H and O–H groups in total. The summed E-state index contributed by atoms with van der Waals surface area (Å²) in [6, 6.07) is 8.03. The van der Waals surface area contributed by atoms with E-state index in [0.29, 0.717) is 23.4 Å². The van der Waals surface area contributed by atoms with Crippen LogP contribution in [0, 0.1) is 5.92 Å². The topological polar surface area (TPSA) is 72.6 Å². The summed E-state index contributed by atoms with van der Waals surface area (Å²) in [5.74, 6) is 2.48. The van der Waals surface area contributed by atoms with E-state index >= 15 is 0 Å². The molecule has 0 unspecified atom stereocenters. The number of nitrogens with two attached hydrogens (primary N) is 1. The van der Waals surface area contributed by atoms with Crippen molar-refractivity contribution in [3.63, 3.8) is 0 Å². The predicted octanol–water partition coefficient (Wildman–Crippen LogP) is 2.66. The number of rotatable bonds is 5. The van der Waals surface area contributed by atoms with Gasteiger partial charge in [0.15, 0.2) is 6.61 Å². The molecular formula is C18H24N2O3S2. The molecule has 0 bridgehead atoms. The Balaban J connectivity index is 1.49. The van der Waals surface area contributed by atoms with E-state index in [1.54, 1.807) is 4.90 Å². The van der Waals surface area contributed by atoms with Crippen molar-refractivity contribution < 1.29 is 14.3 Å². The number of amides is 2. The number of thioether (sulfide) groups is 2. The van der Waals surface area contributed by atoms with Gasteiger partial charge in [-0.25, -0.2) is 0 Å². The maximum Gasteiger partial charge on any atom is 0.260 e. The number of carbonyl (C=O) groups excluding carboxylic acids is 2. The van der Waals surface area contributed by atoms with Crippen LogP contribution < -0.4 is 10.5 Å². The van der Waals surface area contributed by atoms with Gasteiger partial charge in [0.25, 0.3) is 5.91 Å². The molecule has 0 spiro atoms. The zero-order valence-electron chi connectivity index (χ0n) is 14.2. The maximum atomic E-state index is 12.3. The summed E-state index contributed by atoms with van der Waals surface area (Å²) in [5.41, 5.74) is 6.66. The molecule has 3 rings (SSSR count). The molecule has 2 amide bonds. The Bertz CT molecular complexity index is 603. The van der Waals surface area contributed by atoms with E-state index < -0.39 is 0 Å². The number of ether oxygens (including phenoxy) is 1. The third kappa shape index (κ3) is 5.07. The average Bonchev–Trinajstić information content (AvgIpc) is 2.67. The first-order chi connectivity index (χ1) is 12.1. The third-order valence-electron chi connectivity index (χ3n) is 4.52. The van der Waals surface area contributed by atoms with Crippen molar-refractivity contribution in [3.8, 4) is 5.75 Å². The van der Waals surface area contributed by atoms with E-state index in [2.05, 4.69) is 12.1 Å². The molecule has 2 aliphatic heterocycles. The zero-order chi connectivity index (χ0) is 17.6. The second-order valence-corrected chi connectivity index (χ2v) is 9.09. The first-order valence-electron chi connectivity index (χ1n) is 8.66. The van der Waals surface area contributed by atoms with E-state index in [1.165, 1.54) is 23.5 Å². The molecular weight excluding hydrogens is 356 g/mol. The summed E-state index contributed by atoms with van der Waals surface area (Å²) < 4.78 is 6.14. The van der Waals surface area contributed by atoms with E-state index in [9.17, 15) is 9.59 Å². The van der Waals surface area contributed by atoms with Crippen LogP contribution in [0.1, 0.15) is 29.4 Å². The largest absolute Gasteiger partial charge is 0.484 e. The van der Waals surface area contributed by atoms with E-state index in [-0.39, 0.29) is 24.3 Å². The monoisotopic (exact) mass is 380 g/mol. The van der Waals surface area contributed by atoms with Gasteiger partial charge in [0.2, 0.25) is 5.91 Å². The van der Waals surface area contributed by atoms with Gasteiger partial charge in [-0.2, -0.15) is 0 Å². The number of carbonyl (C=O) groups is 2. The number of hydrogen-bond donors (Lipinski definition) is 1. The second kappa shape index (κ2) is 8.85. The number of hydrogen-bond acceptors (Lipinski definition) is 5. The highest BCUT2D eigenvalue weighted by Crippen LogP contribution is 2.43. The summed E-state index contributed by atoms with van der Waals surface area (Å²) in [6.07, 6.45) is 2.85. The van der Waals surface area contributed by atoms with Gasteiger partial charge in [-0.1, -0.05) is 12.1 Å². The van der Waals surface area contributed by atoms with Crippen molar-refractivity contribution in [1.82, 2.24) is 4.90 Å². The van der Waals surface area contributed by atoms with Gasteiger partial charge in [0.1, 0.15) is 5.75 Å². The van der Waals surface area contributed by atoms with Crippen LogP contribution in [0.15, 0.2) is 24.3 Å². The normalized spacial score (nSPS) is 21.8. The molecule has 1 aromatic carbocycles. The first-order valence-corrected chi connectivity index (χ1v) is 10.8. The fraction of sp³-hybridized carbons (Fsp3) is 0.556. The molecule has 2 fully saturated rings. The Kier molecular flexibility index (Phi) is 6.53. The van der Waals surface area contributed by atoms with Gasteiger partial charge in [-0.3, -0.25) is 9.59 Å². The summed E-state index contributed by atoms with van der Waals surface area (Å²) in [5, 5.41) is 0. The van der Waals surface area contributed by atoms with E-state index in [1.807, 2.05) is 35.7 Å². The van der Waals surface area contributed by atoms with Crippen LogP contribution in [0.5, 0.6) is 5.75 Å². The minimum atomic E-state index is -0.326. The molecule has 25 heavy (non-hydrogen) atoms. The Morgan fingerprint density at radius 1 is 1.16 bits per heavy atom. The van der Waals surface area contributed by atoms with Crippen LogP contribution in [0.3, 0.4) is 0 Å². The molecule has 1 atom stereocenters. The van der Waals surface area contributed by atoms with Crippen molar-refractivity contribution >= 4 is 35.3 Å². The highest BCUT2D eigenvalue weighted by Gasteiger charge is 2.27. The Labute approximate surface area is 157 Å². The standard InChI is InChI=1S/C18H24N2O3S2/c19-17(22)14-3-1-8-20(11-14)16(21)12-23-15-6-4-13(5-7-15)18-24-9-2-10-25-18/h4-7,14,18H,1-3,8-12H2,(H2,19,22)/t14-/m0/s1. The lowest BCUT2D eigenvalue weighted by molar-refractivity contribution is -0.136. The lowest BCUT2D eigenvalue weighted by Gasteiger charge is -2.31. The maximum absolute atomic E-state index is 12.3. The summed E-state index contributed by atoms with van der Waals surface area (Å²) >= 11 is 3.97. The minimum absolute atomic E-state index is 0.00223. The van der Waals surface area contributed by atoms with Crippen molar-refractivity contribution in [2.75, 3.05) is 31.2 Å². The number of benzene rings is 1. The quantitative estimate of drug-likeness (QED) is 0.850. The molecule has 2 aliphatic rings. The van der Waals surface area contributed by atoms with Crippen LogP contribution in [-0.2, 0) is 9.59 Å². The van der Waals surface area contributed by atoms with Crippen molar-refractivity contribution in [3.05, 3.63) is 29.8 Å². The van der Waals surface area contributed by atoms with E-state index in [4.69, 9.17) is 10.5 Å². The molecule has 0 saturated carbocycles. The van der Waals surface area contributed by atoms with Gasteiger partial charge < -0.3 is 15.4 Å². The average molecular weight is 381 g/mol. The highest BCUT2D eigenvalue weighted by molar-refractivity contribution is 8.16. The molecule has 5 nitrogen and oxygen atoms in total. The van der Waals surface area contributed by atoms with Crippen molar-refractivity contribution in [1.29, 1.82) is 0 Å². The molecule has 2 heterocycles. The summed E-state index contributed by atoms with van der Waals surface area (Å²) in [6.45, 7) is 1.07. The predicted molar refractivity (Wildman–Crippen MR) is 103 cm³/mol. The van der Waals surface area contributed by atoms with E-state index in [0.717, 1.165) is 12.8 Å². The van der Waals surface area contributed by atoms with Gasteiger partial charge in [0, 0.05) is 13.1 Å². The first kappa shape index (κ1) is 18.5. The van der Waals surface area contributed by atoms with Crippen LogP contribution in [-0.4, -0.2) is 47.9 Å². The third-order valence-corrected chi connectivity index (χ3v) is 7.53. The minimum Gasteiger partial charge on any atom is -0.484 e. The second-order valence-electron chi connectivity index (χ2n) is 6.37. The fourth-order valence-corrected chi connectivity index (χ4v) is 5.97. The summed E-state index contributed by atoms with van der Waals surface area (Å²) in [4.78, 5) is 25.3. The van der Waals surface area contributed by atoms with Crippen LogP contribution >= 0.6 is 23.5 Å². The van der Waals surface area contributed by atoms with Crippen molar-refractivity contribution in [2.45, 2.75) is 23.8 Å². The summed E-state index contributed by atoms with van der Waals surface area (Å²) in [7, 11) is 0. The number of primary amides is 1. The van der Waals surface area contributed by atoms with Gasteiger partial charge in [-0.15, -0.1) is 23.5 Å². The van der Waals surface area contributed by atoms with Gasteiger partial charge >= 0.3 is 0 Å². The lowest BCUT2D eigenvalue weighted by Crippen LogP contribution is -2.45. The van der Waals surface area contributed by atoms with Gasteiger partial charge in [0.05, 0.1) is 10.5 Å². The molecule has 0 radical (unpaired) electrons. The smallest absolute Gasteiger partial charge is 0.260 e. The Morgan fingerprint density at radius 3 is 2.56 bits per heavy atom. The Morgan fingerprint density at radius 2 is 1.88 bits per heavy atom. The molecule has 2 saturated heterocycles. The van der Waals surface area contributed by atoms with Crippen molar-refractivity contribution in [2.24, 2.45) is 11.7 Å². The molecule has 0 aliphatic carbocycles. The molecule has 136 valence electrons. The zero-order valence-corrected chi connectivity index (χ0v) is 15.8. The molecule has 1 aromatic rings.